The van der Waals surface area contributed by atoms with Crippen molar-refractivity contribution in [2.75, 3.05) is 0 Å². The molecule has 0 amide bonds. The Labute approximate surface area is 152 Å². The molecule has 0 atom stereocenters. The molecule has 0 saturated carbocycles. The zero-order valence-corrected chi connectivity index (χ0v) is 14.9. The average Bonchev–Trinajstić information content (AvgIpc) is 2.97. The largest absolute Gasteiger partial charge is 0.245 e. The second-order valence-corrected chi connectivity index (χ2v) is 6.85. The summed E-state index contributed by atoms with van der Waals surface area (Å²) in [6, 6.07) is 25.2. The van der Waals surface area contributed by atoms with Gasteiger partial charge in [0.05, 0.1) is 0 Å². The lowest BCUT2D eigenvalue weighted by atomic mass is 10.1. The molecule has 0 unspecified atom stereocenters. The van der Waals surface area contributed by atoms with Gasteiger partial charge in [-0.3, -0.25) is 0 Å². The summed E-state index contributed by atoms with van der Waals surface area (Å²) < 4.78 is 4.63. The lowest BCUT2D eigenvalue weighted by Gasteiger charge is -2.02. The van der Waals surface area contributed by atoms with Crippen molar-refractivity contribution in [3.05, 3.63) is 101 Å². The molecule has 0 bridgehead atoms. The molecular weight excluding hydrogens is 328 g/mol. The number of aromatic nitrogens is 2. The lowest BCUT2D eigenvalue weighted by Crippen LogP contribution is -2.32. The van der Waals surface area contributed by atoms with E-state index in [4.69, 9.17) is 11.6 Å². The number of aryl methyl sites for hydroxylation is 1. The Balaban J connectivity index is 1.73. The number of fused-ring (bicyclic) bond motifs is 1. The van der Waals surface area contributed by atoms with E-state index in [1.807, 2.05) is 12.1 Å². The van der Waals surface area contributed by atoms with Gasteiger partial charge >= 0.3 is 0 Å². The van der Waals surface area contributed by atoms with Crippen LogP contribution in [0.15, 0.2) is 79.1 Å². The van der Waals surface area contributed by atoms with Crippen LogP contribution in [0.3, 0.4) is 0 Å². The van der Waals surface area contributed by atoms with Gasteiger partial charge in [-0.25, -0.2) is 9.13 Å². The van der Waals surface area contributed by atoms with Crippen molar-refractivity contribution in [2.45, 2.75) is 20.0 Å². The molecular formula is C22H20ClN2+. The highest BCUT2D eigenvalue weighted by Gasteiger charge is 2.16. The SMILES string of the molecule is Cc1ccccc1Cn1c[n+](Cc2ccc(Cl)cc2)c2ccccc21. The van der Waals surface area contributed by atoms with Crippen molar-refractivity contribution in [3.8, 4) is 0 Å². The highest BCUT2D eigenvalue weighted by atomic mass is 35.5. The first-order valence-corrected chi connectivity index (χ1v) is 8.85. The van der Waals surface area contributed by atoms with E-state index in [2.05, 4.69) is 83.0 Å². The van der Waals surface area contributed by atoms with Crippen LogP contribution in [-0.4, -0.2) is 4.57 Å². The van der Waals surface area contributed by atoms with Gasteiger partial charge in [0, 0.05) is 5.02 Å². The molecule has 25 heavy (non-hydrogen) atoms. The van der Waals surface area contributed by atoms with Crippen LogP contribution in [0.2, 0.25) is 5.02 Å². The van der Waals surface area contributed by atoms with Crippen LogP contribution < -0.4 is 4.57 Å². The van der Waals surface area contributed by atoms with Gasteiger partial charge in [0.15, 0.2) is 11.0 Å². The Kier molecular flexibility index (Phi) is 4.29. The summed E-state index contributed by atoms with van der Waals surface area (Å²) in [7, 11) is 0. The minimum absolute atomic E-state index is 0.774. The maximum absolute atomic E-state index is 6.01. The second kappa shape index (κ2) is 6.73. The third kappa shape index (κ3) is 3.31. The summed E-state index contributed by atoms with van der Waals surface area (Å²) in [5, 5.41) is 0.774. The van der Waals surface area contributed by atoms with Gasteiger partial charge in [-0.2, -0.15) is 0 Å². The molecule has 1 heterocycles. The minimum atomic E-state index is 0.774. The predicted octanol–water partition coefficient (Wildman–Crippen LogP) is 4.99. The van der Waals surface area contributed by atoms with Gasteiger partial charge < -0.3 is 0 Å². The number of imidazole rings is 1. The first-order valence-electron chi connectivity index (χ1n) is 8.47. The number of rotatable bonds is 4. The van der Waals surface area contributed by atoms with Crippen LogP contribution >= 0.6 is 11.6 Å². The van der Waals surface area contributed by atoms with Gasteiger partial charge in [0.25, 0.3) is 0 Å². The Morgan fingerprint density at radius 2 is 1.60 bits per heavy atom. The van der Waals surface area contributed by atoms with Crippen LogP contribution in [0, 0.1) is 6.92 Å². The summed E-state index contributed by atoms with van der Waals surface area (Å²) in [5.74, 6) is 0. The van der Waals surface area contributed by atoms with E-state index in [0.717, 1.165) is 18.1 Å². The van der Waals surface area contributed by atoms with Gasteiger partial charge in [-0.1, -0.05) is 60.1 Å². The summed E-state index contributed by atoms with van der Waals surface area (Å²) >= 11 is 6.01. The monoisotopic (exact) mass is 347 g/mol. The van der Waals surface area contributed by atoms with E-state index >= 15 is 0 Å². The molecule has 0 aliphatic carbocycles. The minimum Gasteiger partial charge on any atom is -0.226 e. The molecule has 1 aromatic heterocycles. The van der Waals surface area contributed by atoms with E-state index in [1.54, 1.807) is 0 Å². The fraction of sp³-hybridized carbons (Fsp3) is 0.136. The quantitative estimate of drug-likeness (QED) is 0.460. The molecule has 2 nitrogen and oxygen atoms in total. The third-order valence-corrected chi connectivity index (χ3v) is 4.90. The zero-order valence-electron chi connectivity index (χ0n) is 14.2. The van der Waals surface area contributed by atoms with Crippen LogP contribution in [-0.2, 0) is 13.1 Å². The fourth-order valence-corrected chi connectivity index (χ4v) is 3.38. The van der Waals surface area contributed by atoms with Gasteiger partial charge in [-0.05, 0) is 47.9 Å². The fourth-order valence-electron chi connectivity index (χ4n) is 3.25. The molecule has 0 spiro atoms. The number of hydrogen-bond donors (Lipinski definition) is 0. The smallest absolute Gasteiger partial charge is 0.226 e. The highest BCUT2D eigenvalue weighted by molar-refractivity contribution is 6.30. The summed E-state index contributed by atoms with van der Waals surface area (Å²) in [4.78, 5) is 0. The Hall–Kier alpha value is -2.58. The molecule has 0 saturated heterocycles. The van der Waals surface area contributed by atoms with Crippen molar-refractivity contribution in [1.82, 2.24) is 4.57 Å². The molecule has 0 fully saturated rings. The highest BCUT2D eigenvalue weighted by Crippen LogP contribution is 2.16. The van der Waals surface area contributed by atoms with Gasteiger partial charge in [0.1, 0.15) is 13.1 Å². The molecule has 0 N–H and O–H groups in total. The molecule has 0 aliphatic rings. The van der Waals surface area contributed by atoms with Gasteiger partial charge in [0.2, 0.25) is 6.33 Å². The Bertz CT molecular complexity index is 1020. The Morgan fingerprint density at radius 3 is 2.40 bits per heavy atom. The number of halogens is 1. The van der Waals surface area contributed by atoms with E-state index < -0.39 is 0 Å². The maximum Gasteiger partial charge on any atom is 0.245 e. The molecule has 124 valence electrons. The van der Waals surface area contributed by atoms with E-state index in [1.165, 1.54) is 27.7 Å². The molecule has 0 radical (unpaired) electrons. The van der Waals surface area contributed by atoms with Crippen LogP contribution in [0.1, 0.15) is 16.7 Å². The third-order valence-electron chi connectivity index (χ3n) is 4.65. The molecule has 4 rings (SSSR count). The number of para-hydroxylation sites is 2. The normalized spacial score (nSPS) is 11.1. The van der Waals surface area contributed by atoms with Crippen LogP contribution in [0.5, 0.6) is 0 Å². The number of benzene rings is 3. The first-order chi connectivity index (χ1) is 12.2. The summed E-state index contributed by atoms with van der Waals surface area (Å²) in [6.07, 6.45) is 2.21. The van der Waals surface area contributed by atoms with Crippen LogP contribution in [0.4, 0.5) is 0 Å². The summed E-state index contributed by atoms with van der Waals surface area (Å²) in [6.45, 7) is 3.88. The lowest BCUT2D eigenvalue weighted by molar-refractivity contribution is -0.663. The molecule has 3 heteroatoms. The predicted molar refractivity (Wildman–Crippen MR) is 103 cm³/mol. The standard InChI is InChI=1S/C22H20ClN2/c1-17-6-2-3-7-19(17)15-25-16-24(21-8-4-5-9-22(21)25)14-18-10-12-20(23)13-11-18/h2-13,16H,14-15H2,1H3/q+1. The van der Waals surface area contributed by atoms with E-state index in [-0.39, 0.29) is 0 Å². The maximum atomic E-state index is 6.01. The van der Waals surface area contributed by atoms with E-state index in [0.29, 0.717) is 0 Å². The number of hydrogen-bond acceptors (Lipinski definition) is 0. The van der Waals surface area contributed by atoms with Crippen molar-refractivity contribution < 1.29 is 4.57 Å². The molecule has 0 aliphatic heterocycles. The first kappa shape index (κ1) is 15.9. The van der Waals surface area contributed by atoms with Gasteiger partial charge in [-0.15, -0.1) is 0 Å². The number of nitrogens with zero attached hydrogens (tertiary/aromatic N) is 2. The van der Waals surface area contributed by atoms with Crippen molar-refractivity contribution >= 4 is 22.6 Å². The second-order valence-electron chi connectivity index (χ2n) is 6.41. The molecule has 4 aromatic rings. The van der Waals surface area contributed by atoms with Crippen molar-refractivity contribution in [3.63, 3.8) is 0 Å². The summed E-state index contributed by atoms with van der Waals surface area (Å²) in [5.41, 5.74) is 6.41. The van der Waals surface area contributed by atoms with Crippen molar-refractivity contribution in [2.24, 2.45) is 0 Å². The average molecular weight is 348 g/mol. The Morgan fingerprint density at radius 1 is 0.880 bits per heavy atom. The van der Waals surface area contributed by atoms with Crippen LogP contribution in [0.25, 0.3) is 11.0 Å². The van der Waals surface area contributed by atoms with Crippen molar-refractivity contribution in [1.29, 1.82) is 0 Å². The molecule has 3 aromatic carbocycles. The topological polar surface area (TPSA) is 8.81 Å². The van der Waals surface area contributed by atoms with E-state index in [9.17, 15) is 0 Å². The zero-order chi connectivity index (χ0) is 17.2.